The Morgan fingerprint density at radius 3 is 2.64 bits per heavy atom. The van der Waals surface area contributed by atoms with Crippen molar-refractivity contribution >= 4 is 34.9 Å². The molecule has 7 nitrogen and oxygen atoms in total. The van der Waals surface area contributed by atoms with Crippen LogP contribution in [0.15, 0.2) is 51.3 Å². The zero-order valence-corrected chi connectivity index (χ0v) is 20.4. The van der Waals surface area contributed by atoms with Crippen LogP contribution in [0, 0.1) is 27.7 Å². The monoisotopic (exact) mass is 481 g/mol. The largest absolute Gasteiger partial charge is 0.454 e. The molecular weight excluding hydrogens is 458 g/mol. The number of hydrogen-bond acceptors (Lipinski definition) is 8. The van der Waals surface area contributed by atoms with E-state index in [0.29, 0.717) is 16.9 Å². The average molecular weight is 482 g/mol. The molecule has 3 aromatic heterocycles. The summed E-state index contributed by atoms with van der Waals surface area (Å²) in [6.07, 6.45) is 1.73. The number of thiazole rings is 1. The van der Waals surface area contributed by atoms with Crippen molar-refractivity contribution in [2.24, 2.45) is 0 Å². The maximum absolute atomic E-state index is 12.8. The highest BCUT2D eigenvalue weighted by Gasteiger charge is 2.21. The predicted molar refractivity (Wildman–Crippen MR) is 128 cm³/mol. The molecule has 0 N–H and O–H groups in total. The highest BCUT2D eigenvalue weighted by molar-refractivity contribution is 7.98. The Morgan fingerprint density at radius 1 is 1.15 bits per heavy atom. The first-order valence-corrected chi connectivity index (χ1v) is 12.2. The van der Waals surface area contributed by atoms with Crippen molar-refractivity contribution in [3.8, 4) is 5.13 Å². The quantitative estimate of drug-likeness (QED) is 0.187. The molecule has 170 valence electrons. The molecule has 3 heterocycles. The first kappa shape index (κ1) is 23.0. The summed E-state index contributed by atoms with van der Waals surface area (Å²) < 4.78 is 12.6. The first-order valence-electron chi connectivity index (χ1n) is 10.3. The van der Waals surface area contributed by atoms with E-state index in [-0.39, 0.29) is 12.4 Å². The Bertz CT molecular complexity index is 1290. The fourth-order valence-electron chi connectivity index (χ4n) is 3.57. The minimum absolute atomic E-state index is 0.250. The third kappa shape index (κ3) is 4.79. The van der Waals surface area contributed by atoms with E-state index in [9.17, 15) is 9.59 Å². The second-order valence-electron chi connectivity index (χ2n) is 7.52. The lowest BCUT2D eigenvalue weighted by Crippen LogP contribution is -2.15. The summed E-state index contributed by atoms with van der Waals surface area (Å²) in [6.45, 7) is 7.22. The Balaban J connectivity index is 1.45. The standard InChI is InChI=1S/C24H23N3O4S2/c1-14-11-19(16(3)27(14)24-25-9-10-32-24)21(28)12-30-23(29)18-7-5-6-8-22(18)33-13-20-15(2)26-31-17(20)4/h5-11H,12-13H2,1-4H3. The van der Waals surface area contributed by atoms with E-state index in [2.05, 4.69) is 10.1 Å². The zero-order chi connectivity index (χ0) is 23.5. The average Bonchev–Trinajstić information content (AvgIpc) is 3.51. The van der Waals surface area contributed by atoms with E-state index in [0.717, 1.165) is 38.4 Å². The van der Waals surface area contributed by atoms with Crippen LogP contribution in [0.25, 0.3) is 5.13 Å². The van der Waals surface area contributed by atoms with Gasteiger partial charge in [0, 0.05) is 44.7 Å². The van der Waals surface area contributed by atoms with Gasteiger partial charge in [-0.25, -0.2) is 9.78 Å². The van der Waals surface area contributed by atoms with Gasteiger partial charge in [0.05, 0.1) is 11.3 Å². The van der Waals surface area contributed by atoms with Gasteiger partial charge in [0.25, 0.3) is 0 Å². The molecular formula is C24H23N3O4S2. The molecule has 0 aliphatic carbocycles. The lowest BCUT2D eigenvalue weighted by atomic mass is 10.1. The maximum Gasteiger partial charge on any atom is 0.339 e. The smallest absolute Gasteiger partial charge is 0.339 e. The molecule has 0 atom stereocenters. The molecule has 0 saturated carbocycles. The lowest BCUT2D eigenvalue weighted by Gasteiger charge is -2.09. The summed E-state index contributed by atoms with van der Waals surface area (Å²) in [5.74, 6) is 0.604. The number of benzene rings is 1. The number of Topliss-reactive ketones (excluding diaryl/α,β-unsaturated/α-hetero) is 1. The Kier molecular flexibility index (Phi) is 6.80. The van der Waals surface area contributed by atoms with Gasteiger partial charge in [-0.1, -0.05) is 17.3 Å². The summed E-state index contributed by atoms with van der Waals surface area (Å²) in [7, 11) is 0. The van der Waals surface area contributed by atoms with Crippen LogP contribution >= 0.6 is 23.1 Å². The molecule has 0 spiro atoms. The third-order valence-corrected chi connectivity index (χ3v) is 7.19. The number of esters is 1. The Labute approximate surface area is 199 Å². The van der Waals surface area contributed by atoms with Crippen LogP contribution in [0.3, 0.4) is 0 Å². The second kappa shape index (κ2) is 9.76. The SMILES string of the molecule is Cc1noc(C)c1CSc1ccccc1C(=O)OCC(=O)c1cc(C)n(-c2nccs2)c1C. The van der Waals surface area contributed by atoms with Gasteiger partial charge in [0.1, 0.15) is 5.76 Å². The van der Waals surface area contributed by atoms with Crippen LogP contribution in [-0.4, -0.2) is 33.1 Å². The molecule has 0 unspecified atom stereocenters. The minimum atomic E-state index is -0.529. The summed E-state index contributed by atoms with van der Waals surface area (Å²) in [6, 6.07) is 9.02. The van der Waals surface area contributed by atoms with Crippen LogP contribution in [0.5, 0.6) is 0 Å². The van der Waals surface area contributed by atoms with Crippen molar-refractivity contribution in [1.82, 2.24) is 14.7 Å². The molecule has 4 aromatic rings. The van der Waals surface area contributed by atoms with E-state index in [1.165, 1.54) is 23.1 Å². The van der Waals surface area contributed by atoms with Gasteiger partial charge in [-0.15, -0.1) is 23.1 Å². The Morgan fingerprint density at radius 2 is 1.94 bits per heavy atom. The number of ketones is 1. The second-order valence-corrected chi connectivity index (χ2v) is 9.41. The van der Waals surface area contributed by atoms with Crippen molar-refractivity contribution in [1.29, 1.82) is 0 Å². The van der Waals surface area contributed by atoms with Gasteiger partial charge >= 0.3 is 5.97 Å². The fraction of sp³-hybridized carbons (Fsp3) is 0.250. The molecule has 9 heteroatoms. The van der Waals surface area contributed by atoms with E-state index in [1.807, 2.05) is 49.8 Å². The van der Waals surface area contributed by atoms with Crippen molar-refractivity contribution in [2.75, 3.05) is 6.61 Å². The molecule has 1 aromatic carbocycles. The number of hydrogen-bond donors (Lipinski definition) is 0. The van der Waals surface area contributed by atoms with E-state index < -0.39 is 5.97 Å². The predicted octanol–water partition coefficient (Wildman–Crippen LogP) is 5.49. The highest BCUT2D eigenvalue weighted by Crippen LogP contribution is 2.29. The number of carbonyl (C=O) groups is 2. The highest BCUT2D eigenvalue weighted by atomic mass is 32.2. The van der Waals surface area contributed by atoms with Crippen molar-refractivity contribution in [3.63, 3.8) is 0 Å². The molecule has 0 aliphatic heterocycles. The number of aryl methyl sites for hydroxylation is 3. The third-order valence-electron chi connectivity index (χ3n) is 5.34. The molecule has 0 amide bonds. The van der Waals surface area contributed by atoms with Gasteiger partial charge in [0.15, 0.2) is 11.7 Å². The van der Waals surface area contributed by atoms with Crippen LogP contribution in [0.2, 0.25) is 0 Å². The van der Waals surface area contributed by atoms with Crippen molar-refractivity contribution in [3.05, 3.63) is 81.4 Å². The van der Waals surface area contributed by atoms with Crippen molar-refractivity contribution in [2.45, 2.75) is 38.3 Å². The van der Waals surface area contributed by atoms with E-state index in [1.54, 1.807) is 24.4 Å². The number of thioether (sulfide) groups is 1. The van der Waals surface area contributed by atoms with Gasteiger partial charge < -0.3 is 9.26 Å². The van der Waals surface area contributed by atoms with Gasteiger partial charge in [-0.2, -0.15) is 0 Å². The number of aromatic nitrogens is 3. The first-order chi connectivity index (χ1) is 15.9. The molecule has 0 radical (unpaired) electrons. The molecule has 0 fully saturated rings. The lowest BCUT2D eigenvalue weighted by molar-refractivity contribution is 0.0471. The zero-order valence-electron chi connectivity index (χ0n) is 18.7. The van der Waals surface area contributed by atoms with E-state index in [4.69, 9.17) is 9.26 Å². The molecule has 0 saturated heterocycles. The summed E-state index contributed by atoms with van der Waals surface area (Å²) in [5, 5.41) is 6.66. The maximum atomic E-state index is 12.8. The van der Waals surface area contributed by atoms with Gasteiger partial charge in [0.2, 0.25) is 5.78 Å². The van der Waals surface area contributed by atoms with Crippen LogP contribution < -0.4 is 0 Å². The van der Waals surface area contributed by atoms with Crippen LogP contribution in [0.4, 0.5) is 0 Å². The molecule has 0 bridgehead atoms. The molecule has 0 aliphatic rings. The van der Waals surface area contributed by atoms with Gasteiger partial charge in [-0.05, 0) is 45.9 Å². The number of nitrogens with zero attached hydrogens (tertiary/aromatic N) is 3. The summed E-state index contributed by atoms with van der Waals surface area (Å²) in [4.78, 5) is 30.8. The summed E-state index contributed by atoms with van der Waals surface area (Å²) in [5.41, 5.74) is 4.47. The molecule has 4 rings (SSSR count). The normalized spacial score (nSPS) is 11.0. The fourth-order valence-corrected chi connectivity index (χ4v) is 5.52. The molecule has 33 heavy (non-hydrogen) atoms. The van der Waals surface area contributed by atoms with E-state index >= 15 is 0 Å². The van der Waals surface area contributed by atoms with Gasteiger partial charge in [-0.3, -0.25) is 9.36 Å². The number of rotatable bonds is 8. The number of ether oxygens (including phenoxy) is 1. The van der Waals surface area contributed by atoms with Crippen LogP contribution in [0.1, 0.15) is 49.1 Å². The van der Waals surface area contributed by atoms with Crippen LogP contribution in [-0.2, 0) is 10.5 Å². The minimum Gasteiger partial charge on any atom is -0.454 e. The summed E-state index contributed by atoms with van der Waals surface area (Å²) >= 11 is 3.00. The number of carbonyl (C=O) groups excluding carboxylic acids is 2. The topological polar surface area (TPSA) is 87.2 Å². The van der Waals surface area contributed by atoms with Crippen molar-refractivity contribution < 1.29 is 18.8 Å². The Hall–Kier alpha value is -3.17.